The molecule has 0 fully saturated rings. The third-order valence-electron chi connectivity index (χ3n) is 5.97. The molecular weight excluding hydrogens is 468 g/mol. The maximum absolute atomic E-state index is 13.3. The van der Waals surface area contributed by atoms with Gasteiger partial charge in [-0.3, -0.25) is 9.59 Å². The van der Waals surface area contributed by atoms with Crippen molar-refractivity contribution in [2.45, 2.75) is 26.8 Å². The smallest absolute Gasteiger partial charge is 0.252 e. The van der Waals surface area contributed by atoms with Gasteiger partial charge in [-0.15, -0.1) is 0 Å². The van der Waals surface area contributed by atoms with Crippen LogP contribution < -0.4 is 10.6 Å². The van der Waals surface area contributed by atoms with Gasteiger partial charge in [0.1, 0.15) is 12.7 Å². The van der Waals surface area contributed by atoms with Crippen molar-refractivity contribution < 1.29 is 9.59 Å². The molecule has 0 saturated heterocycles. The molecule has 0 spiro atoms. The van der Waals surface area contributed by atoms with Crippen molar-refractivity contribution in [2.75, 3.05) is 11.9 Å². The molecular formula is C27H26N8O2. The number of hydrogen-bond donors (Lipinski definition) is 2. The van der Waals surface area contributed by atoms with Gasteiger partial charge in [0.05, 0.1) is 35.1 Å². The Morgan fingerprint density at radius 3 is 2.51 bits per heavy atom. The fourth-order valence-corrected chi connectivity index (χ4v) is 4.08. The van der Waals surface area contributed by atoms with Gasteiger partial charge in [-0.25, -0.2) is 19.3 Å². The number of nitrogens with one attached hydrogen (secondary N) is 2. The molecule has 2 N–H and O–H groups in total. The number of benzene rings is 2. The SMILES string of the molecule is Cc1ccccc1-c1cc(C(=O)NCC(=O)Nc2ccc(-n3cncn3)cc2)c2cnn(C(C)C)c2n1. The van der Waals surface area contributed by atoms with Gasteiger partial charge in [0.25, 0.3) is 5.91 Å². The summed E-state index contributed by atoms with van der Waals surface area (Å²) in [5, 5.41) is 14.7. The number of anilines is 1. The molecule has 5 aromatic rings. The summed E-state index contributed by atoms with van der Waals surface area (Å²) in [6, 6.07) is 16.9. The van der Waals surface area contributed by atoms with Gasteiger partial charge in [-0.2, -0.15) is 10.2 Å². The first-order valence-corrected chi connectivity index (χ1v) is 11.9. The lowest BCUT2D eigenvalue weighted by molar-refractivity contribution is -0.115. The predicted octanol–water partition coefficient (Wildman–Crippen LogP) is 3.94. The molecule has 3 aromatic heterocycles. The summed E-state index contributed by atoms with van der Waals surface area (Å²) in [7, 11) is 0. The van der Waals surface area contributed by atoms with E-state index in [1.807, 2.05) is 57.2 Å². The van der Waals surface area contributed by atoms with Crippen LogP contribution in [0, 0.1) is 6.92 Å². The van der Waals surface area contributed by atoms with Gasteiger partial charge < -0.3 is 10.6 Å². The van der Waals surface area contributed by atoms with E-state index in [9.17, 15) is 9.59 Å². The molecule has 0 atom stereocenters. The lowest BCUT2D eigenvalue weighted by Gasteiger charge is -2.12. The van der Waals surface area contributed by atoms with Crippen LogP contribution in [-0.4, -0.2) is 47.9 Å². The minimum atomic E-state index is -0.373. The molecule has 0 unspecified atom stereocenters. The van der Waals surface area contributed by atoms with E-state index in [0.29, 0.717) is 28.0 Å². The third kappa shape index (κ3) is 4.94. The van der Waals surface area contributed by atoms with Crippen molar-refractivity contribution in [3.05, 3.63) is 84.6 Å². The van der Waals surface area contributed by atoms with Crippen LogP contribution in [-0.2, 0) is 4.79 Å². The molecule has 10 heteroatoms. The van der Waals surface area contributed by atoms with Crippen molar-refractivity contribution in [1.29, 1.82) is 0 Å². The Kier molecular flexibility index (Phi) is 6.46. The van der Waals surface area contributed by atoms with Crippen LogP contribution in [0.15, 0.2) is 73.4 Å². The number of carbonyl (C=O) groups excluding carboxylic acids is 2. The zero-order valence-electron chi connectivity index (χ0n) is 20.7. The number of nitrogens with zero attached hydrogens (tertiary/aromatic N) is 6. The standard InChI is InChI=1S/C27H26N8O2/c1-17(2)35-26-23(13-30-35)22(12-24(33-26)21-7-5-4-6-18(21)3)27(37)29-14-25(36)32-19-8-10-20(11-9-19)34-16-28-15-31-34/h4-13,15-17H,14H2,1-3H3,(H,29,37)(H,32,36). The molecule has 0 aliphatic heterocycles. The van der Waals surface area contributed by atoms with Gasteiger partial charge >= 0.3 is 0 Å². The van der Waals surface area contributed by atoms with Gasteiger partial charge in [0.15, 0.2) is 5.65 Å². The summed E-state index contributed by atoms with van der Waals surface area (Å²) in [5.41, 5.74) is 5.12. The first-order valence-electron chi connectivity index (χ1n) is 11.9. The number of fused-ring (bicyclic) bond motifs is 1. The van der Waals surface area contributed by atoms with Crippen molar-refractivity contribution >= 4 is 28.5 Å². The van der Waals surface area contributed by atoms with E-state index < -0.39 is 0 Å². The molecule has 0 saturated carbocycles. The highest BCUT2D eigenvalue weighted by atomic mass is 16.2. The van der Waals surface area contributed by atoms with Gasteiger partial charge in [-0.05, 0) is 56.7 Å². The van der Waals surface area contributed by atoms with Crippen LogP contribution in [0.3, 0.4) is 0 Å². The van der Waals surface area contributed by atoms with E-state index in [1.165, 1.54) is 6.33 Å². The molecule has 2 amide bonds. The van der Waals surface area contributed by atoms with E-state index >= 15 is 0 Å². The summed E-state index contributed by atoms with van der Waals surface area (Å²) >= 11 is 0. The number of aryl methyl sites for hydroxylation is 1. The Bertz CT molecular complexity index is 1570. The minimum Gasteiger partial charge on any atom is -0.343 e. The molecule has 0 radical (unpaired) electrons. The number of hydrogen-bond acceptors (Lipinski definition) is 6. The van der Waals surface area contributed by atoms with Crippen LogP contribution >= 0.6 is 0 Å². The Balaban J connectivity index is 1.35. The zero-order chi connectivity index (χ0) is 25.9. The van der Waals surface area contributed by atoms with Crippen LogP contribution in [0.4, 0.5) is 5.69 Å². The van der Waals surface area contributed by atoms with Crippen molar-refractivity contribution in [2.24, 2.45) is 0 Å². The van der Waals surface area contributed by atoms with Crippen LogP contribution in [0.1, 0.15) is 35.8 Å². The van der Waals surface area contributed by atoms with Crippen LogP contribution in [0.2, 0.25) is 0 Å². The highest BCUT2D eigenvalue weighted by Gasteiger charge is 2.19. The van der Waals surface area contributed by atoms with Crippen LogP contribution in [0.25, 0.3) is 28.0 Å². The molecule has 0 bridgehead atoms. The Hall–Kier alpha value is -4.86. The predicted molar refractivity (Wildman–Crippen MR) is 140 cm³/mol. The average molecular weight is 495 g/mol. The number of amides is 2. The lowest BCUT2D eigenvalue weighted by atomic mass is 10.0. The summed E-state index contributed by atoms with van der Waals surface area (Å²) in [4.78, 5) is 34.6. The minimum absolute atomic E-state index is 0.0646. The maximum Gasteiger partial charge on any atom is 0.252 e. The molecule has 5 rings (SSSR count). The fourth-order valence-electron chi connectivity index (χ4n) is 4.08. The average Bonchev–Trinajstić information content (AvgIpc) is 3.58. The highest BCUT2D eigenvalue weighted by molar-refractivity contribution is 6.08. The Morgan fingerprint density at radius 1 is 1.03 bits per heavy atom. The second-order valence-corrected chi connectivity index (χ2v) is 8.91. The first kappa shape index (κ1) is 23.9. The molecule has 0 aliphatic rings. The summed E-state index contributed by atoms with van der Waals surface area (Å²) in [6.07, 6.45) is 4.69. The fraction of sp³-hybridized carbons (Fsp3) is 0.185. The number of pyridine rings is 1. The van der Waals surface area contributed by atoms with Gasteiger partial charge in [0, 0.05) is 17.3 Å². The van der Waals surface area contributed by atoms with E-state index in [4.69, 9.17) is 4.98 Å². The zero-order valence-corrected chi connectivity index (χ0v) is 20.7. The quantitative estimate of drug-likeness (QED) is 0.354. The molecule has 0 aliphatic carbocycles. The van der Waals surface area contributed by atoms with Gasteiger partial charge in [0.2, 0.25) is 5.91 Å². The maximum atomic E-state index is 13.3. The molecule has 2 aromatic carbocycles. The first-order chi connectivity index (χ1) is 17.9. The highest BCUT2D eigenvalue weighted by Crippen LogP contribution is 2.28. The van der Waals surface area contributed by atoms with E-state index in [-0.39, 0.29) is 24.4 Å². The van der Waals surface area contributed by atoms with E-state index in [0.717, 1.165) is 16.8 Å². The third-order valence-corrected chi connectivity index (χ3v) is 5.97. The van der Waals surface area contributed by atoms with Crippen molar-refractivity contribution in [3.8, 4) is 16.9 Å². The largest absolute Gasteiger partial charge is 0.343 e. The number of aromatic nitrogens is 6. The summed E-state index contributed by atoms with van der Waals surface area (Å²) < 4.78 is 3.41. The van der Waals surface area contributed by atoms with Crippen molar-refractivity contribution in [3.63, 3.8) is 0 Å². The lowest BCUT2D eigenvalue weighted by Crippen LogP contribution is -2.33. The summed E-state index contributed by atoms with van der Waals surface area (Å²) in [5.74, 6) is -0.716. The Labute approximate surface area is 213 Å². The van der Waals surface area contributed by atoms with E-state index in [2.05, 4.69) is 25.8 Å². The number of carbonyl (C=O) groups is 2. The van der Waals surface area contributed by atoms with Gasteiger partial charge in [-0.1, -0.05) is 24.3 Å². The van der Waals surface area contributed by atoms with Crippen molar-refractivity contribution in [1.82, 2.24) is 34.8 Å². The molecule has 37 heavy (non-hydrogen) atoms. The van der Waals surface area contributed by atoms with Crippen LogP contribution in [0.5, 0.6) is 0 Å². The normalized spacial score (nSPS) is 11.1. The second kappa shape index (κ2) is 10.0. The molecule has 186 valence electrons. The van der Waals surface area contributed by atoms with E-state index in [1.54, 1.807) is 40.1 Å². The Morgan fingerprint density at radius 2 is 1.81 bits per heavy atom. The molecule has 10 nitrogen and oxygen atoms in total. The number of rotatable bonds is 7. The topological polar surface area (TPSA) is 120 Å². The molecule has 3 heterocycles. The second-order valence-electron chi connectivity index (χ2n) is 8.91. The summed E-state index contributed by atoms with van der Waals surface area (Å²) in [6.45, 7) is 5.84. The monoisotopic (exact) mass is 494 g/mol.